The van der Waals surface area contributed by atoms with Crippen LogP contribution in [0.15, 0.2) is 24.3 Å². The van der Waals surface area contributed by atoms with Crippen molar-refractivity contribution in [2.24, 2.45) is 0 Å². The summed E-state index contributed by atoms with van der Waals surface area (Å²) in [5.41, 5.74) is 1.04. The maximum atomic E-state index is 12.3. The van der Waals surface area contributed by atoms with Crippen LogP contribution in [0.25, 0.3) is 0 Å². The second kappa shape index (κ2) is 6.72. The molecule has 0 aromatic heterocycles. The Bertz CT molecular complexity index is 462. The number of hydrogen-bond donors (Lipinski definition) is 0. The Hall–Kier alpha value is -1.59. The zero-order chi connectivity index (χ0) is 14.5. The first-order valence-electron chi connectivity index (χ1n) is 6.75. The Labute approximate surface area is 120 Å². The van der Waals surface area contributed by atoms with Crippen molar-refractivity contribution in [1.82, 2.24) is 9.80 Å². The fourth-order valence-electron chi connectivity index (χ4n) is 2.43. The number of carbonyl (C=O) groups excluding carboxylic acids is 1. The predicted octanol–water partition coefficient (Wildman–Crippen LogP) is 0.984. The van der Waals surface area contributed by atoms with Crippen molar-refractivity contribution in [3.05, 3.63) is 29.8 Å². The Kier molecular flexibility index (Phi) is 4.98. The van der Waals surface area contributed by atoms with Crippen molar-refractivity contribution in [2.75, 3.05) is 41.0 Å². The van der Waals surface area contributed by atoms with E-state index in [-0.39, 0.29) is 18.6 Å². The van der Waals surface area contributed by atoms with Gasteiger partial charge in [-0.3, -0.25) is 4.79 Å². The number of fused-ring (bicyclic) bond motifs is 1. The normalized spacial score (nSPS) is 18.4. The number of hydrogen-bond acceptors (Lipinski definition) is 4. The van der Waals surface area contributed by atoms with Gasteiger partial charge in [0.1, 0.15) is 19.0 Å². The van der Waals surface area contributed by atoms with Gasteiger partial charge in [0.25, 0.3) is 0 Å². The van der Waals surface area contributed by atoms with Crippen LogP contribution < -0.4 is 4.74 Å². The largest absolute Gasteiger partial charge is 0.491 e. The molecule has 0 radical (unpaired) electrons. The van der Waals surface area contributed by atoms with Crippen molar-refractivity contribution in [3.8, 4) is 5.75 Å². The molecule has 1 aliphatic heterocycles. The second-order valence-electron chi connectivity index (χ2n) is 5.29. The highest BCUT2D eigenvalue weighted by Crippen LogP contribution is 2.25. The Morgan fingerprint density at radius 3 is 2.90 bits per heavy atom. The van der Waals surface area contributed by atoms with Crippen LogP contribution in [-0.4, -0.2) is 62.7 Å². The molecule has 0 saturated carbocycles. The lowest BCUT2D eigenvalue weighted by Crippen LogP contribution is -2.48. The van der Waals surface area contributed by atoms with Gasteiger partial charge in [-0.1, -0.05) is 18.2 Å². The van der Waals surface area contributed by atoms with E-state index in [2.05, 4.69) is 4.90 Å². The molecule has 1 aromatic rings. The van der Waals surface area contributed by atoms with E-state index in [0.717, 1.165) is 17.9 Å². The zero-order valence-corrected chi connectivity index (χ0v) is 12.3. The lowest BCUT2D eigenvalue weighted by molar-refractivity contribution is -0.138. The average molecular weight is 278 g/mol. The molecule has 0 bridgehead atoms. The summed E-state index contributed by atoms with van der Waals surface area (Å²) in [5, 5.41) is 0. The summed E-state index contributed by atoms with van der Waals surface area (Å²) in [6.45, 7) is 1.94. The molecule has 1 atom stereocenters. The molecule has 1 amide bonds. The van der Waals surface area contributed by atoms with Crippen LogP contribution in [0.5, 0.6) is 5.75 Å². The fraction of sp³-hybridized carbons (Fsp3) is 0.533. The number of nitrogens with zero attached hydrogens (tertiary/aromatic N) is 2. The number of likely N-dealkylation sites (N-methyl/N-ethyl adjacent to an activating group) is 1. The topological polar surface area (TPSA) is 42.0 Å². The Morgan fingerprint density at radius 2 is 2.20 bits per heavy atom. The van der Waals surface area contributed by atoms with Gasteiger partial charge in [0.2, 0.25) is 5.91 Å². The third-order valence-electron chi connectivity index (χ3n) is 3.35. The first-order chi connectivity index (χ1) is 9.61. The predicted molar refractivity (Wildman–Crippen MR) is 76.7 cm³/mol. The van der Waals surface area contributed by atoms with Gasteiger partial charge in [0.05, 0.1) is 6.04 Å². The van der Waals surface area contributed by atoms with Crippen molar-refractivity contribution < 1.29 is 14.3 Å². The summed E-state index contributed by atoms with van der Waals surface area (Å²) < 4.78 is 10.9. The number of benzene rings is 1. The molecule has 0 aliphatic carbocycles. The monoisotopic (exact) mass is 278 g/mol. The molecule has 1 heterocycles. The van der Waals surface area contributed by atoms with E-state index in [4.69, 9.17) is 9.47 Å². The second-order valence-corrected chi connectivity index (χ2v) is 5.29. The number of ether oxygens (including phenoxy) is 2. The van der Waals surface area contributed by atoms with Gasteiger partial charge in [0.15, 0.2) is 0 Å². The fourth-order valence-corrected chi connectivity index (χ4v) is 2.43. The summed E-state index contributed by atoms with van der Waals surface area (Å²) in [4.78, 5) is 16.2. The number of carbonyl (C=O) groups is 1. The van der Waals surface area contributed by atoms with Crippen molar-refractivity contribution in [3.63, 3.8) is 0 Å². The van der Waals surface area contributed by atoms with Crippen LogP contribution in [0.3, 0.4) is 0 Å². The number of methoxy groups -OCH3 is 1. The van der Waals surface area contributed by atoms with Crippen LogP contribution >= 0.6 is 0 Å². The first-order valence-corrected chi connectivity index (χ1v) is 6.75. The highest BCUT2D eigenvalue weighted by Gasteiger charge is 2.28. The SMILES string of the molecule is COCC(=O)N1Cc2ccccc2OCC1CN(C)C. The highest BCUT2D eigenvalue weighted by atomic mass is 16.5. The molecule has 110 valence electrons. The van der Waals surface area contributed by atoms with Gasteiger partial charge in [-0.25, -0.2) is 0 Å². The molecule has 1 aromatic carbocycles. The number of amides is 1. The molecular formula is C15H22N2O3. The number of rotatable bonds is 4. The maximum absolute atomic E-state index is 12.3. The summed E-state index contributed by atoms with van der Waals surface area (Å²) in [6, 6.07) is 7.90. The molecule has 5 nitrogen and oxygen atoms in total. The lowest BCUT2D eigenvalue weighted by atomic mass is 10.1. The minimum Gasteiger partial charge on any atom is -0.491 e. The standard InChI is InChI=1S/C15H22N2O3/c1-16(2)9-13-10-20-14-7-5-4-6-12(14)8-17(13)15(18)11-19-3/h4-7,13H,8-11H2,1-3H3. The van der Waals surface area contributed by atoms with E-state index in [1.54, 1.807) is 7.11 Å². The molecule has 0 fully saturated rings. The van der Waals surface area contributed by atoms with E-state index in [9.17, 15) is 4.79 Å². The molecule has 5 heteroatoms. The summed E-state index contributed by atoms with van der Waals surface area (Å²) in [5.74, 6) is 0.864. The Balaban J connectivity index is 2.23. The van der Waals surface area contributed by atoms with Crippen molar-refractivity contribution in [2.45, 2.75) is 12.6 Å². The van der Waals surface area contributed by atoms with Crippen LogP contribution in [0, 0.1) is 0 Å². The van der Waals surface area contributed by atoms with E-state index in [1.165, 1.54) is 0 Å². The smallest absolute Gasteiger partial charge is 0.249 e. The summed E-state index contributed by atoms with van der Waals surface area (Å²) in [6.07, 6.45) is 0. The molecule has 20 heavy (non-hydrogen) atoms. The molecular weight excluding hydrogens is 256 g/mol. The van der Waals surface area contributed by atoms with Crippen molar-refractivity contribution in [1.29, 1.82) is 0 Å². The minimum absolute atomic E-state index is 0.000321. The van der Waals surface area contributed by atoms with Gasteiger partial charge < -0.3 is 19.3 Å². The molecule has 0 N–H and O–H groups in total. The van der Waals surface area contributed by atoms with Gasteiger partial charge in [0, 0.05) is 25.8 Å². The Morgan fingerprint density at radius 1 is 1.45 bits per heavy atom. The third kappa shape index (κ3) is 3.49. The van der Waals surface area contributed by atoms with E-state index in [1.807, 2.05) is 43.3 Å². The van der Waals surface area contributed by atoms with Gasteiger partial charge in [-0.2, -0.15) is 0 Å². The van der Waals surface area contributed by atoms with E-state index >= 15 is 0 Å². The zero-order valence-electron chi connectivity index (χ0n) is 12.3. The lowest BCUT2D eigenvalue weighted by Gasteiger charge is -2.31. The average Bonchev–Trinajstić information content (AvgIpc) is 2.59. The van der Waals surface area contributed by atoms with Gasteiger partial charge in [-0.15, -0.1) is 0 Å². The number of para-hydroxylation sites is 1. The third-order valence-corrected chi connectivity index (χ3v) is 3.35. The molecule has 2 rings (SSSR count). The highest BCUT2D eigenvalue weighted by molar-refractivity contribution is 5.78. The van der Waals surface area contributed by atoms with E-state index < -0.39 is 0 Å². The molecule has 0 saturated heterocycles. The van der Waals surface area contributed by atoms with Crippen LogP contribution in [0.2, 0.25) is 0 Å². The van der Waals surface area contributed by atoms with E-state index in [0.29, 0.717) is 13.2 Å². The van der Waals surface area contributed by atoms with Crippen LogP contribution in [-0.2, 0) is 16.1 Å². The summed E-state index contributed by atoms with van der Waals surface area (Å²) >= 11 is 0. The quantitative estimate of drug-likeness (QED) is 0.823. The molecule has 1 unspecified atom stereocenters. The van der Waals surface area contributed by atoms with Gasteiger partial charge >= 0.3 is 0 Å². The van der Waals surface area contributed by atoms with Crippen molar-refractivity contribution >= 4 is 5.91 Å². The minimum atomic E-state index is -0.000321. The van der Waals surface area contributed by atoms with Crippen LogP contribution in [0.4, 0.5) is 0 Å². The molecule has 1 aliphatic rings. The van der Waals surface area contributed by atoms with Crippen LogP contribution in [0.1, 0.15) is 5.56 Å². The summed E-state index contributed by atoms with van der Waals surface area (Å²) in [7, 11) is 5.54. The maximum Gasteiger partial charge on any atom is 0.249 e. The van der Waals surface area contributed by atoms with Gasteiger partial charge in [-0.05, 0) is 20.2 Å². The molecule has 0 spiro atoms. The first kappa shape index (κ1) is 14.8.